The van der Waals surface area contributed by atoms with Crippen molar-refractivity contribution < 1.29 is 0 Å². The summed E-state index contributed by atoms with van der Waals surface area (Å²) in [4.78, 5) is 5.07. The van der Waals surface area contributed by atoms with Gasteiger partial charge in [-0.2, -0.15) is 0 Å². The highest BCUT2D eigenvalue weighted by Gasteiger charge is 2.24. The molecule has 18 heavy (non-hydrogen) atoms. The third-order valence-corrected chi connectivity index (χ3v) is 4.20. The first-order chi connectivity index (χ1) is 8.54. The Hall–Kier alpha value is -0.120. The van der Waals surface area contributed by atoms with E-state index in [1.807, 2.05) is 0 Å². The zero-order chi connectivity index (χ0) is 13.5. The SMILES string of the molecule is CCC(CNCC(C)C)N(C)CC1CCCN1C. The van der Waals surface area contributed by atoms with Gasteiger partial charge in [0.15, 0.2) is 0 Å². The van der Waals surface area contributed by atoms with Gasteiger partial charge >= 0.3 is 0 Å². The molecule has 2 atom stereocenters. The Morgan fingerprint density at radius 1 is 1.33 bits per heavy atom. The molecule has 3 nitrogen and oxygen atoms in total. The van der Waals surface area contributed by atoms with E-state index in [4.69, 9.17) is 0 Å². The minimum atomic E-state index is 0.678. The molecule has 0 aliphatic carbocycles. The van der Waals surface area contributed by atoms with E-state index >= 15 is 0 Å². The van der Waals surface area contributed by atoms with Gasteiger partial charge in [-0.1, -0.05) is 20.8 Å². The van der Waals surface area contributed by atoms with Gasteiger partial charge in [-0.25, -0.2) is 0 Å². The number of likely N-dealkylation sites (N-methyl/N-ethyl adjacent to an activating group) is 2. The van der Waals surface area contributed by atoms with Crippen LogP contribution in [0.5, 0.6) is 0 Å². The van der Waals surface area contributed by atoms with Crippen molar-refractivity contribution in [3.05, 3.63) is 0 Å². The van der Waals surface area contributed by atoms with Gasteiger partial charge in [0, 0.05) is 25.2 Å². The van der Waals surface area contributed by atoms with Crippen LogP contribution in [-0.2, 0) is 0 Å². The molecule has 0 aromatic rings. The summed E-state index contributed by atoms with van der Waals surface area (Å²) in [5.41, 5.74) is 0. The normalized spacial score (nSPS) is 23.2. The van der Waals surface area contributed by atoms with Crippen molar-refractivity contribution in [2.75, 3.05) is 40.3 Å². The Morgan fingerprint density at radius 3 is 2.56 bits per heavy atom. The standard InChI is InChI=1S/C15H33N3/c1-6-14(11-16-10-13(2)3)18(5)12-15-8-7-9-17(15)4/h13-16H,6-12H2,1-5H3. The van der Waals surface area contributed by atoms with E-state index in [9.17, 15) is 0 Å². The summed E-state index contributed by atoms with van der Waals surface area (Å²) in [6.07, 6.45) is 3.98. The smallest absolute Gasteiger partial charge is 0.0220 e. The zero-order valence-corrected chi connectivity index (χ0v) is 13.1. The first-order valence-corrected chi connectivity index (χ1v) is 7.65. The van der Waals surface area contributed by atoms with Crippen LogP contribution in [0.3, 0.4) is 0 Å². The maximum atomic E-state index is 3.60. The van der Waals surface area contributed by atoms with Crippen molar-refractivity contribution >= 4 is 0 Å². The number of nitrogens with zero attached hydrogens (tertiary/aromatic N) is 2. The summed E-state index contributed by atoms with van der Waals surface area (Å²) in [5, 5.41) is 3.60. The van der Waals surface area contributed by atoms with Crippen molar-refractivity contribution in [1.29, 1.82) is 0 Å². The van der Waals surface area contributed by atoms with E-state index in [0.717, 1.165) is 25.0 Å². The zero-order valence-electron chi connectivity index (χ0n) is 13.1. The molecule has 0 aromatic heterocycles. The lowest BCUT2D eigenvalue weighted by molar-refractivity contribution is 0.169. The first-order valence-electron chi connectivity index (χ1n) is 7.65. The van der Waals surface area contributed by atoms with Gasteiger partial charge in [-0.15, -0.1) is 0 Å². The van der Waals surface area contributed by atoms with Crippen LogP contribution in [0.4, 0.5) is 0 Å². The molecule has 3 heteroatoms. The van der Waals surface area contributed by atoms with Gasteiger partial charge in [-0.3, -0.25) is 0 Å². The molecule has 1 heterocycles. The van der Waals surface area contributed by atoms with Crippen LogP contribution in [0.2, 0.25) is 0 Å². The number of hydrogen-bond acceptors (Lipinski definition) is 3. The number of rotatable bonds is 8. The summed E-state index contributed by atoms with van der Waals surface area (Å²) in [7, 11) is 4.56. The molecule has 1 saturated heterocycles. The molecule has 0 spiro atoms. The second-order valence-corrected chi connectivity index (χ2v) is 6.33. The Balaban J connectivity index is 2.29. The van der Waals surface area contributed by atoms with Crippen molar-refractivity contribution in [3.8, 4) is 0 Å². The van der Waals surface area contributed by atoms with Crippen LogP contribution in [0.1, 0.15) is 40.0 Å². The molecule has 0 aromatic carbocycles. The number of nitrogens with one attached hydrogen (secondary N) is 1. The molecule has 1 rings (SSSR count). The summed E-state index contributed by atoms with van der Waals surface area (Å²) in [6.45, 7) is 11.6. The second kappa shape index (κ2) is 8.13. The van der Waals surface area contributed by atoms with Crippen LogP contribution < -0.4 is 5.32 Å². The predicted molar refractivity (Wildman–Crippen MR) is 80.1 cm³/mol. The summed E-state index contributed by atoms with van der Waals surface area (Å²) >= 11 is 0. The fourth-order valence-corrected chi connectivity index (χ4v) is 2.84. The Kier molecular flexibility index (Phi) is 7.20. The molecule has 1 aliphatic rings. The predicted octanol–water partition coefficient (Wildman–Crippen LogP) is 2.04. The van der Waals surface area contributed by atoms with E-state index in [2.05, 4.69) is 50.0 Å². The maximum absolute atomic E-state index is 3.60. The molecule has 108 valence electrons. The fourth-order valence-electron chi connectivity index (χ4n) is 2.84. The molecule has 2 unspecified atom stereocenters. The van der Waals surface area contributed by atoms with E-state index in [-0.39, 0.29) is 0 Å². The molecule has 0 bridgehead atoms. The Morgan fingerprint density at radius 2 is 2.06 bits per heavy atom. The molecule has 0 saturated carbocycles. The average molecular weight is 255 g/mol. The topological polar surface area (TPSA) is 18.5 Å². The highest BCUT2D eigenvalue weighted by molar-refractivity contribution is 4.81. The highest BCUT2D eigenvalue weighted by atomic mass is 15.2. The Labute approximate surface area is 114 Å². The second-order valence-electron chi connectivity index (χ2n) is 6.33. The average Bonchev–Trinajstić information content (AvgIpc) is 2.70. The third-order valence-electron chi connectivity index (χ3n) is 4.20. The quantitative estimate of drug-likeness (QED) is 0.716. The maximum Gasteiger partial charge on any atom is 0.0220 e. The van der Waals surface area contributed by atoms with E-state index in [0.29, 0.717) is 6.04 Å². The van der Waals surface area contributed by atoms with Crippen molar-refractivity contribution in [2.45, 2.75) is 52.1 Å². The molecule has 1 fully saturated rings. The number of likely N-dealkylation sites (tertiary alicyclic amines) is 1. The van der Waals surface area contributed by atoms with Gasteiger partial charge < -0.3 is 15.1 Å². The van der Waals surface area contributed by atoms with Gasteiger partial charge in [0.2, 0.25) is 0 Å². The van der Waals surface area contributed by atoms with Crippen LogP contribution in [0.25, 0.3) is 0 Å². The van der Waals surface area contributed by atoms with Crippen LogP contribution >= 0.6 is 0 Å². The molecule has 0 amide bonds. The monoisotopic (exact) mass is 255 g/mol. The van der Waals surface area contributed by atoms with Gasteiger partial charge in [0.05, 0.1) is 0 Å². The lowest BCUT2D eigenvalue weighted by Crippen LogP contribution is -2.45. The first kappa shape index (κ1) is 15.9. The summed E-state index contributed by atoms with van der Waals surface area (Å²) in [5.74, 6) is 0.744. The molecular weight excluding hydrogens is 222 g/mol. The van der Waals surface area contributed by atoms with Crippen LogP contribution in [0, 0.1) is 5.92 Å². The lowest BCUT2D eigenvalue weighted by atomic mass is 10.1. The minimum Gasteiger partial charge on any atom is -0.315 e. The third kappa shape index (κ3) is 5.25. The summed E-state index contributed by atoms with van der Waals surface area (Å²) in [6, 6.07) is 1.45. The Bertz CT molecular complexity index is 218. The van der Waals surface area contributed by atoms with Crippen molar-refractivity contribution in [3.63, 3.8) is 0 Å². The highest BCUT2D eigenvalue weighted by Crippen LogP contribution is 2.16. The van der Waals surface area contributed by atoms with E-state index < -0.39 is 0 Å². The minimum absolute atomic E-state index is 0.678. The molecular formula is C15H33N3. The van der Waals surface area contributed by atoms with Crippen molar-refractivity contribution in [2.24, 2.45) is 5.92 Å². The fraction of sp³-hybridized carbons (Fsp3) is 1.00. The molecule has 1 aliphatic heterocycles. The van der Waals surface area contributed by atoms with Gasteiger partial charge in [-0.05, 0) is 52.4 Å². The van der Waals surface area contributed by atoms with Crippen LogP contribution in [0.15, 0.2) is 0 Å². The van der Waals surface area contributed by atoms with Crippen molar-refractivity contribution in [1.82, 2.24) is 15.1 Å². The molecule has 0 radical (unpaired) electrons. The largest absolute Gasteiger partial charge is 0.315 e. The number of hydrogen-bond donors (Lipinski definition) is 1. The molecule has 1 N–H and O–H groups in total. The van der Waals surface area contributed by atoms with Gasteiger partial charge in [0.25, 0.3) is 0 Å². The summed E-state index contributed by atoms with van der Waals surface area (Å²) < 4.78 is 0. The van der Waals surface area contributed by atoms with E-state index in [1.54, 1.807) is 0 Å². The van der Waals surface area contributed by atoms with Crippen LogP contribution in [-0.4, -0.2) is 62.2 Å². The van der Waals surface area contributed by atoms with Gasteiger partial charge in [0.1, 0.15) is 0 Å². The lowest BCUT2D eigenvalue weighted by Gasteiger charge is -2.32. The van der Waals surface area contributed by atoms with E-state index in [1.165, 1.54) is 32.4 Å².